The molecule has 0 fully saturated rings. The SMILES string of the molecule is CCc1nc2ccc(Br)cn2c1C(=O)NCCc1ccc(O)cc1. The molecule has 6 heteroatoms. The van der Waals surface area contributed by atoms with Crippen LogP contribution in [0.2, 0.25) is 0 Å². The highest BCUT2D eigenvalue weighted by Gasteiger charge is 2.17. The number of nitrogens with one attached hydrogen (secondary N) is 1. The summed E-state index contributed by atoms with van der Waals surface area (Å²) in [7, 11) is 0. The highest BCUT2D eigenvalue weighted by Crippen LogP contribution is 2.18. The quantitative estimate of drug-likeness (QED) is 0.705. The Kier molecular flexibility index (Phi) is 4.85. The lowest BCUT2D eigenvalue weighted by Crippen LogP contribution is -2.27. The number of hydrogen-bond donors (Lipinski definition) is 2. The zero-order valence-electron chi connectivity index (χ0n) is 13.3. The van der Waals surface area contributed by atoms with E-state index in [1.54, 1.807) is 12.1 Å². The maximum absolute atomic E-state index is 12.6. The van der Waals surface area contributed by atoms with Crippen molar-refractivity contribution in [2.45, 2.75) is 19.8 Å². The number of imidazole rings is 1. The fraction of sp³-hybridized carbons (Fsp3) is 0.222. The third kappa shape index (κ3) is 3.43. The van der Waals surface area contributed by atoms with Crippen molar-refractivity contribution in [2.24, 2.45) is 0 Å². The van der Waals surface area contributed by atoms with Crippen LogP contribution in [0.4, 0.5) is 0 Å². The van der Waals surface area contributed by atoms with Gasteiger partial charge in [0.15, 0.2) is 0 Å². The summed E-state index contributed by atoms with van der Waals surface area (Å²) in [6.07, 6.45) is 3.25. The van der Waals surface area contributed by atoms with Gasteiger partial charge in [-0.1, -0.05) is 19.1 Å². The molecule has 3 rings (SSSR count). The number of aromatic nitrogens is 2. The number of hydrogen-bond acceptors (Lipinski definition) is 3. The first-order valence-electron chi connectivity index (χ1n) is 7.81. The molecule has 3 aromatic rings. The fourth-order valence-electron chi connectivity index (χ4n) is 2.62. The van der Waals surface area contributed by atoms with Crippen LogP contribution in [0.5, 0.6) is 5.75 Å². The van der Waals surface area contributed by atoms with Gasteiger partial charge >= 0.3 is 0 Å². The van der Waals surface area contributed by atoms with Gasteiger partial charge in [-0.05, 0) is 58.6 Å². The van der Waals surface area contributed by atoms with E-state index in [2.05, 4.69) is 26.2 Å². The fourth-order valence-corrected chi connectivity index (χ4v) is 2.96. The number of halogens is 1. The van der Waals surface area contributed by atoms with Gasteiger partial charge in [0.05, 0.1) is 5.69 Å². The van der Waals surface area contributed by atoms with Gasteiger partial charge in [0.1, 0.15) is 17.1 Å². The molecular formula is C18H18BrN3O2. The minimum Gasteiger partial charge on any atom is -0.508 e. The van der Waals surface area contributed by atoms with E-state index in [1.165, 1.54) is 0 Å². The van der Waals surface area contributed by atoms with Crippen molar-refractivity contribution in [2.75, 3.05) is 6.54 Å². The molecule has 0 saturated heterocycles. The Hall–Kier alpha value is -2.34. The Morgan fingerprint density at radius 2 is 2.00 bits per heavy atom. The number of fused-ring (bicyclic) bond motifs is 1. The van der Waals surface area contributed by atoms with Crippen molar-refractivity contribution >= 4 is 27.5 Å². The number of aromatic hydroxyl groups is 1. The largest absolute Gasteiger partial charge is 0.508 e. The minimum absolute atomic E-state index is 0.128. The predicted molar refractivity (Wildman–Crippen MR) is 96.4 cm³/mol. The Morgan fingerprint density at radius 1 is 1.25 bits per heavy atom. The molecule has 0 aliphatic heterocycles. The third-order valence-electron chi connectivity index (χ3n) is 3.84. The number of phenols is 1. The first kappa shape index (κ1) is 16.5. The van der Waals surface area contributed by atoms with Gasteiger partial charge < -0.3 is 10.4 Å². The second-order valence-corrected chi connectivity index (χ2v) is 6.42. The molecule has 0 radical (unpaired) electrons. The van der Waals surface area contributed by atoms with Crippen LogP contribution >= 0.6 is 15.9 Å². The number of carbonyl (C=O) groups is 1. The van der Waals surface area contributed by atoms with Gasteiger partial charge in [-0.15, -0.1) is 0 Å². The lowest BCUT2D eigenvalue weighted by Gasteiger charge is -2.07. The summed E-state index contributed by atoms with van der Waals surface area (Å²) in [6, 6.07) is 10.8. The summed E-state index contributed by atoms with van der Waals surface area (Å²) in [4.78, 5) is 17.2. The molecule has 2 aromatic heterocycles. The van der Waals surface area contributed by atoms with Crippen molar-refractivity contribution < 1.29 is 9.90 Å². The molecule has 2 N–H and O–H groups in total. The normalized spacial score (nSPS) is 10.9. The lowest BCUT2D eigenvalue weighted by molar-refractivity contribution is 0.0947. The van der Waals surface area contributed by atoms with E-state index in [9.17, 15) is 9.90 Å². The standard InChI is InChI=1S/C18H18BrN3O2/c1-2-15-17(22-11-13(19)5-8-16(22)21-15)18(24)20-10-9-12-3-6-14(23)7-4-12/h3-8,11,23H,2,9-10H2,1H3,(H,20,24). The first-order valence-corrected chi connectivity index (χ1v) is 8.60. The number of rotatable bonds is 5. The summed E-state index contributed by atoms with van der Waals surface area (Å²) >= 11 is 3.44. The monoisotopic (exact) mass is 387 g/mol. The zero-order chi connectivity index (χ0) is 17.1. The number of benzene rings is 1. The Labute approximate surface area is 148 Å². The van der Waals surface area contributed by atoms with E-state index < -0.39 is 0 Å². The molecule has 0 atom stereocenters. The average molecular weight is 388 g/mol. The molecule has 0 unspecified atom stereocenters. The van der Waals surface area contributed by atoms with Gasteiger partial charge in [0, 0.05) is 17.2 Å². The number of carbonyl (C=O) groups excluding carboxylic acids is 1. The molecule has 1 aromatic carbocycles. The van der Waals surface area contributed by atoms with Gasteiger partial charge in [-0.3, -0.25) is 9.20 Å². The molecule has 0 saturated carbocycles. The summed E-state index contributed by atoms with van der Waals surface area (Å²) in [6.45, 7) is 2.51. The number of pyridine rings is 1. The Bertz CT molecular complexity index is 872. The topological polar surface area (TPSA) is 66.6 Å². The third-order valence-corrected chi connectivity index (χ3v) is 4.31. The molecule has 1 amide bonds. The number of nitrogens with zero attached hydrogens (tertiary/aromatic N) is 2. The molecule has 0 aliphatic rings. The number of amides is 1. The summed E-state index contributed by atoms with van der Waals surface area (Å²) in [5, 5.41) is 12.2. The van der Waals surface area contributed by atoms with Crippen LogP contribution < -0.4 is 5.32 Å². The van der Waals surface area contributed by atoms with Crippen LogP contribution in [0, 0.1) is 0 Å². The van der Waals surface area contributed by atoms with Gasteiger partial charge in [0.25, 0.3) is 5.91 Å². The van der Waals surface area contributed by atoms with Crippen LogP contribution in [-0.4, -0.2) is 26.9 Å². The van der Waals surface area contributed by atoms with Crippen molar-refractivity contribution in [3.8, 4) is 5.75 Å². The van der Waals surface area contributed by atoms with E-state index in [-0.39, 0.29) is 11.7 Å². The van der Waals surface area contributed by atoms with Crippen molar-refractivity contribution in [3.63, 3.8) is 0 Å². The lowest BCUT2D eigenvalue weighted by atomic mass is 10.1. The molecule has 24 heavy (non-hydrogen) atoms. The van der Waals surface area contributed by atoms with Crippen LogP contribution in [0.15, 0.2) is 47.1 Å². The first-order chi connectivity index (χ1) is 11.6. The highest BCUT2D eigenvalue weighted by molar-refractivity contribution is 9.10. The molecule has 0 bridgehead atoms. The molecule has 0 aliphatic carbocycles. The molecule has 0 spiro atoms. The summed E-state index contributed by atoms with van der Waals surface area (Å²) in [5.74, 6) is 0.114. The van der Waals surface area contributed by atoms with E-state index in [1.807, 2.05) is 41.8 Å². The van der Waals surface area contributed by atoms with Crippen molar-refractivity contribution in [1.82, 2.24) is 14.7 Å². The van der Waals surface area contributed by atoms with Gasteiger partial charge in [-0.25, -0.2) is 4.98 Å². The number of phenolic OH excluding ortho intramolecular Hbond substituents is 1. The maximum atomic E-state index is 12.6. The van der Waals surface area contributed by atoms with Crippen molar-refractivity contribution in [1.29, 1.82) is 0 Å². The molecule has 5 nitrogen and oxygen atoms in total. The number of aryl methyl sites for hydroxylation is 1. The Balaban J connectivity index is 1.75. The van der Waals surface area contributed by atoms with Crippen LogP contribution in [0.25, 0.3) is 5.65 Å². The summed E-state index contributed by atoms with van der Waals surface area (Å²) < 4.78 is 2.71. The van der Waals surface area contributed by atoms with Gasteiger partial charge in [0.2, 0.25) is 0 Å². The van der Waals surface area contributed by atoms with E-state index in [0.717, 1.165) is 21.4 Å². The zero-order valence-corrected chi connectivity index (χ0v) is 14.9. The molecule has 2 heterocycles. The maximum Gasteiger partial charge on any atom is 0.270 e. The minimum atomic E-state index is -0.128. The van der Waals surface area contributed by atoms with Crippen LogP contribution in [-0.2, 0) is 12.8 Å². The average Bonchev–Trinajstić information content (AvgIpc) is 2.94. The smallest absolute Gasteiger partial charge is 0.270 e. The molecule has 124 valence electrons. The van der Waals surface area contributed by atoms with E-state index in [4.69, 9.17) is 0 Å². The van der Waals surface area contributed by atoms with E-state index >= 15 is 0 Å². The molecular weight excluding hydrogens is 370 g/mol. The van der Waals surface area contributed by atoms with E-state index in [0.29, 0.717) is 25.1 Å². The second-order valence-electron chi connectivity index (χ2n) is 5.51. The van der Waals surface area contributed by atoms with Gasteiger partial charge in [-0.2, -0.15) is 0 Å². The van der Waals surface area contributed by atoms with Crippen LogP contribution in [0.1, 0.15) is 28.7 Å². The second kappa shape index (κ2) is 7.05. The van der Waals surface area contributed by atoms with Crippen molar-refractivity contribution in [3.05, 3.63) is 64.0 Å². The van der Waals surface area contributed by atoms with Crippen LogP contribution in [0.3, 0.4) is 0 Å². The Morgan fingerprint density at radius 3 is 2.71 bits per heavy atom. The summed E-state index contributed by atoms with van der Waals surface area (Å²) in [5.41, 5.74) is 3.19. The highest BCUT2D eigenvalue weighted by atomic mass is 79.9. The predicted octanol–water partition coefficient (Wildman–Crippen LogP) is 3.34.